The van der Waals surface area contributed by atoms with Crippen molar-refractivity contribution in [2.24, 2.45) is 5.92 Å². The topological polar surface area (TPSA) is 58.6 Å². The van der Waals surface area contributed by atoms with E-state index >= 15 is 0 Å². The van der Waals surface area contributed by atoms with Crippen LogP contribution in [0, 0.1) is 5.92 Å². The molecule has 0 bridgehead atoms. The first-order valence-corrected chi connectivity index (χ1v) is 7.67. The number of anilines is 1. The molecule has 114 valence electrons. The Kier molecular flexibility index (Phi) is 5.06. The number of hydrogen-bond acceptors (Lipinski definition) is 3. The quantitative estimate of drug-likeness (QED) is 0.790. The van der Waals surface area contributed by atoms with E-state index in [-0.39, 0.29) is 21.7 Å². The Hall–Kier alpha value is -1.33. The highest BCUT2D eigenvalue weighted by Gasteiger charge is 2.22. The SMILES string of the molecule is CC(C)c1cc(NC(=S)OCC2CC2)cc(C(=O)O)c1Cl. The minimum Gasteiger partial charge on any atom is -0.478 e. The molecule has 0 aliphatic heterocycles. The van der Waals surface area contributed by atoms with Gasteiger partial charge in [-0.05, 0) is 54.6 Å². The predicted molar refractivity (Wildman–Crippen MR) is 87.4 cm³/mol. The average Bonchev–Trinajstić information content (AvgIpc) is 3.21. The van der Waals surface area contributed by atoms with Crippen molar-refractivity contribution >= 4 is 40.7 Å². The van der Waals surface area contributed by atoms with Crippen molar-refractivity contribution in [1.29, 1.82) is 0 Å². The molecule has 0 aromatic heterocycles. The lowest BCUT2D eigenvalue weighted by Gasteiger charge is -2.15. The van der Waals surface area contributed by atoms with Crippen molar-refractivity contribution in [3.63, 3.8) is 0 Å². The minimum absolute atomic E-state index is 0.0651. The van der Waals surface area contributed by atoms with Gasteiger partial charge in [-0.15, -0.1) is 0 Å². The van der Waals surface area contributed by atoms with Crippen LogP contribution in [-0.4, -0.2) is 22.9 Å². The molecular formula is C15H18ClNO3S. The van der Waals surface area contributed by atoms with Crippen LogP contribution in [0.4, 0.5) is 5.69 Å². The van der Waals surface area contributed by atoms with Gasteiger partial charge in [0.25, 0.3) is 5.17 Å². The van der Waals surface area contributed by atoms with Crippen molar-refractivity contribution in [1.82, 2.24) is 0 Å². The molecule has 0 amide bonds. The number of benzene rings is 1. The summed E-state index contributed by atoms with van der Waals surface area (Å²) in [6, 6.07) is 3.29. The number of carboxylic acids is 1. The third kappa shape index (κ3) is 4.32. The normalized spacial score (nSPS) is 14.1. The van der Waals surface area contributed by atoms with E-state index in [2.05, 4.69) is 5.32 Å². The van der Waals surface area contributed by atoms with Crippen molar-refractivity contribution in [3.8, 4) is 0 Å². The molecule has 2 N–H and O–H groups in total. The number of hydrogen-bond donors (Lipinski definition) is 2. The lowest BCUT2D eigenvalue weighted by atomic mass is 9.99. The maximum Gasteiger partial charge on any atom is 0.337 e. The largest absolute Gasteiger partial charge is 0.478 e. The second kappa shape index (κ2) is 6.62. The fourth-order valence-electron chi connectivity index (χ4n) is 1.93. The smallest absolute Gasteiger partial charge is 0.337 e. The van der Waals surface area contributed by atoms with E-state index in [0.717, 1.165) is 5.56 Å². The molecule has 0 atom stereocenters. The summed E-state index contributed by atoms with van der Waals surface area (Å²) in [4.78, 5) is 11.3. The zero-order chi connectivity index (χ0) is 15.6. The van der Waals surface area contributed by atoms with E-state index < -0.39 is 5.97 Å². The van der Waals surface area contributed by atoms with Crippen LogP contribution >= 0.6 is 23.8 Å². The molecular weight excluding hydrogens is 310 g/mol. The van der Waals surface area contributed by atoms with Crippen LogP contribution in [0.1, 0.15) is 48.5 Å². The first kappa shape index (κ1) is 16.0. The summed E-state index contributed by atoms with van der Waals surface area (Å²) >= 11 is 11.3. The molecule has 1 aliphatic carbocycles. The van der Waals surface area contributed by atoms with Gasteiger partial charge in [-0.25, -0.2) is 4.79 Å². The summed E-state index contributed by atoms with van der Waals surface area (Å²) in [5.74, 6) is -0.343. The molecule has 1 fully saturated rings. The summed E-state index contributed by atoms with van der Waals surface area (Å²) in [5, 5.41) is 12.7. The monoisotopic (exact) mass is 327 g/mol. The Bertz CT molecular complexity index is 570. The van der Waals surface area contributed by atoms with Crippen molar-refractivity contribution in [3.05, 3.63) is 28.3 Å². The summed E-state index contributed by atoms with van der Waals surface area (Å²) in [5.41, 5.74) is 1.42. The molecule has 0 radical (unpaired) electrons. The van der Waals surface area contributed by atoms with Crippen LogP contribution < -0.4 is 5.32 Å². The first-order chi connectivity index (χ1) is 9.88. The van der Waals surface area contributed by atoms with E-state index in [0.29, 0.717) is 18.2 Å². The number of nitrogens with one attached hydrogen (secondary N) is 1. The average molecular weight is 328 g/mol. The van der Waals surface area contributed by atoms with Gasteiger partial charge < -0.3 is 15.2 Å². The molecule has 1 aromatic rings. The van der Waals surface area contributed by atoms with E-state index in [1.165, 1.54) is 18.9 Å². The summed E-state index contributed by atoms with van der Waals surface area (Å²) < 4.78 is 5.44. The number of carbonyl (C=O) groups is 1. The molecule has 0 heterocycles. The number of aromatic carboxylic acids is 1. The lowest BCUT2D eigenvalue weighted by molar-refractivity contribution is 0.0697. The van der Waals surface area contributed by atoms with Gasteiger partial charge in [-0.1, -0.05) is 25.4 Å². The van der Waals surface area contributed by atoms with Crippen LogP contribution in [0.3, 0.4) is 0 Å². The molecule has 0 unspecified atom stereocenters. The molecule has 1 aromatic carbocycles. The van der Waals surface area contributed by atoms with Crippen LogP contribution in [0.2, 0.25) is 5.02 Å². The molecule has 0 spiro atoms. The van der Waals surface area contributed by atoms with Crippen molar-refractivity contribution in [2.75, 3.05) is 11.9 Å². The summed E-state index contributed by atoms with van der Waals surface area (Å²) in [6.45, 7) is 4.53. The van der Waals surface area contributed by atoms with Crippen molar-refractivity contribution < 1.29 is 14.6 Å². The molecule has 21 heavy (non-hydrogen) atoms. The zero-order valence-electron chi connectivity index (χ0n) is 12.0. The zero-order valence-corrected chi connectivity index (χ0v) is 13.6. The molecule has 0 saturated heterocycles. The van der Waals surface area contributed by atoms with Gasteiger partial charge in [0.1, 0.15) is 0 Å². The standard InChI is InChI=1S/C15H18ClNO3S/c1-8(2)11-5-10(6-12(13(11)16)14(18)19)17-15(21)20-7-9-3-4-9/h5-6,8-9H,3-4,7H2,1-2H3,(H,17,21)(H,18,19). The number of halogens is 1. The maximum absolute atomic E-state index is 11.3. The fourth-order valence-corrected chi connectivity index (χ4v) is 2.52. The second-order valence-corrected chi connectivity index (χ2v) is 6.30. The Balaban J connectivity index is 2.17. The number of ether oxygens (including phenoxy) is 1. The van der Waals surface area contributed by atoms with Gasteiger partial charge in [0.15, 0.2) is 0 Å². The second-order valence-electron chi connectivity index (χ2n) is 5.55. The Morgan fingerprint density at radius 1 is 1.52 bits per heavy atom. The predicted octanol–water partition coefficient (Wildman–Crippen LogP) is 4.29. The maximum atomic E-state index is 11.3. The van der Waals surface area contributed by atoms with Crippen LogP contribution in [0.15, 0.2) is 12.1 Å². The van der Waals surface area contributed by atoms with Crippen LogP contribution in [0.5, 0.6) is 0 Å². The molecule has 1 aliphatic rings. The summed E-state index contributed by atoms with van der Waals surface area (Å²) in [7, 11) is 0. The first-order valence-electron chi connectivity index (χ1n) is 6.89. The van der Waals surface area contributed by atoms with Gasteiger partial charge in [0, 0.05) is 5.69 Å². The van der Waals surface area contributed by atoms with E-state index in [9.17, 15) is 9.90 Å². The highest BCUT2D eigenvalue weighted by atomic mass is 35.5. The van der Waals surface area contributed by atoms with E-state index in [1.807, 2.05) is 19.9 Å². The van der Waals surface area contributed by atoms with Gasteiger partial charge in [-0.2, -0.15) is 0 Å². The van der Waals surface area contributed by atoms with Gasteiger partial charge in [0.2, 0.25) is 0 Å². The van der Waals surface area contributed by atoms with Gasteiger partial charge in [-0.3, -0.25) is 0 Å². The fraction of sp³-hybridized carbons (Fsp3) is 0.467. The Morgan fingerprint density at radius 2 is 2.19 bits per heavy atom. The molecule has 1 saturated carbocycles. The van der Waals surface area contributed by atoms with E-state index in [1.54, 1.807) is 0 Å². The number of thiocarbonyl (C=S) groups is 1. The van der Waals surface area contributed by atoms with Crippen LogP contribution in [-0.2, 0) is 4.74 Å². The molecule has 4 nitrogen and oxygen atoms in total. The Morgan fingerprint density at radius 3 is 2.71 bits per heavy atom. The number of rotatable bonds is 5. The highest BCUT2D eigenvalue weighted by molar-refractivity contribution is 7.80. The number of carboxylic acid groups (broad SMARTS) is 1. The van der Waals surface area contributed by atoms with E-state index in [4.69, 9.17) is 28.6 Å². The van der Waals surface area contributed by atoms with Crippen molar-refractivity contribution in [2.45, 2.75) is 32.6 Å². The third-order valence-electron chi connectivity index (χ3n) is 3.35. The van der Waals surface area contributed by atoms with Gasteiger partial charge >= 0.3 is 5.97 Å². The molecule has 2 rings (SSSR count). The summed E-state index contributed by atoms with van der Waals surface area (Å²) in [6.07, 6.45) is 2.37. The minimum atomic E-state index is -1.06. The highest BCUT2D eigenvalue weighted by Crippen LogP contribution is 2.32. The lowest BCUT2D eigenvalue weighted by Crippen LogP contribution is -2.15. The van der Waals surface area contributed by atoms with Gasteiger partial charge in [0.05, 0.1) is 17.2 Å². The van der Waals surface area contributed by atoms with Crippen LogP contribution in [0.25, 0.3) is 0 Å². The molecule has 6 heteroatoms. The third-order valence-corrected chi connectivity index (χ3v) is 3.99. The Labute approximate surface area is 134 Å².